The van der Waals surface area contributed by atoms with Gasteiger partial charge in [-0.1, -0.05) is 24.3 Å². The summed E-state index contributed by atoms with van der Waals surface area (Å²) in [4.78, 5) is 15.0. The Bertz CT molecular complexity index is 1170. The lowest BCUT2D eigenvalue weighted by Crippen LogP contribution is -2.76. The normalized spacial score (nSPS) is 21.3. The van der Waals surface area contributed by atoms with E-state index in [2.05, 4.69) is 35.6 Å². The molecule has 1 saturated carbocycles. The molecule has 3 aromatic rings. The molecule has 3 N–H and O–H groups in total. The summed E-state index contributed by atoms with van der Waals surface area (Å²) in [7, 11) is 3.54. The molecule has 5 rings (SSSR count). The Labute approximate surface area is 182 Å². The maximum atomic E-state index is 13.2. The van der Waals surface area contributed by atoms with Crippen LogP contribution in [0, 0.1) is 5.41 Å². The highest BCUT2D eigenvalue weighted by atomic mass is 16.5. The lowest BCUT2D eigenvalue weighted by molar-refractivity contribution is -0.588. The number of rotatable bonds is 6. The van der Waals surface area contributed by atoms with Gasteiger partial charge in [0.15, 0.2) is 0 Å². The van der Waals surface area contributed by atoms with Crippen LogP contribution < -0.4 is 15.0 Å². The van der Waals surface area contributed by atoms with E-state index >= 15 is 0 Å². The van der Waals surface area contributed by atoms with Crippen LogP contribution in [0.3, 0.4) is 0 Å². The fraction of sp³-hybridized carbons (Fsp3) is 0.231. The van der Waals surface area contributed by atoms with Crippen LogP contribution in [-0.4, -0.2) is 26.3 Å². The largest absolute Gasteiger partial charge is 0.497 e. The summed E-state index contributed by atoms with van der Waals surface area (Å²) in [5.74, 6) is 1.22. The SMILES string of the molecule is COc1ccc(C[NH2+]c2cc([C@@H]3C[C@@]34C(=O)N(C)c3ccccc34)ccc2C=N)cc1. The van der Waals surface area contributed by atoms with Gasteiger partial charge in [-0.3, -0.25) is 4.79 Å². The van der Waals surface area contributed by atoms with Crippen molar-refractivity contribution in [3.8, 4) is 5.75 Å². The van der Waals surface area contributed by atoms with Crippen molar-refractivity contribution < 1.29 is 14.8 Å². The Morgan fingerprint density at radius 3 is 2.68 bits per heavy atom. The maximum Gasteiger partial charge on any atom is 0.238 e. The van der Waals surface area contributed by atoms with Crippen molar-refractivity contribution >= 4 is 23.5 Å². The second kappa shape index (κ2) is 7.36. The third-order valence-corrected chi connectivity index (χ3v) is 6.78. The summed E-state index contributed by atoms with van der Waals surface area (Å²) >= 11 is 0. The van der Waals surface area contributed by atoms with Crippen LogP contribution in [0.1, 0.15) is 34.6 Å². The lowest BCUT2D eigenvalue weighted by Gasteiger charge is -2.12. The molecule has 5 heteroatoms. The van der Waals surface area contributed by atoms with E-state index in [1.165, 1.54) is 17.3 Å². The van der Waals surface area contributed by atoms with Gasteiger partial charge in [0.1, 0.15) is 18.0 Å². The van der Waals surface area contributed by atoms with Crippen molar-refractivity contribution in [2.45, 2.75) is 24.3 Å². The van der Waals surface area contributed by atoms with Crippen LogP contribution >= 0.6 is 0 Å². The summed E-state index contributed by atoms with van der Waals surface area (Å²) < 4.78 is 5.23. The Kier molecular flexibility index (Phi) is 4.63. The summed E-state index contributed by atoms with van der Waals surface area (Å²) in [6.45, 7) is 0.772. The van der Waals surface area contributed by atoms with E-state index in [9.17, 15) is 4.79 Å². The van der Waals surface area contributed by atoms with Crippen molar-refractivity contribution in [2.75, 3.05) is 19.1 Å². The van der Waals surface area contributed by atoms with Gasteiger partial charge in [0.05, 0.1) is 18.1 Å². The number of fused-ring (bicyclic) bond motifs is 2. The summed E-state index contributed by atoms with van der Waals surface area (Å²) in [6, 6.07) is 22.4. The molecule has 156 valence electrons. The van der Waals surface area contributed by atoms with Gasteiger partial charge < -0.3 is 20.4 Å². The molecule has 2 atom stereocenters. The Hall–Kier alpha value is -3.44. The molecule has 5 nitrogen and oxygen atoms in total. The van der Waals surface area contributed by atoms with Gasteiger partial charge in [-0.25, -0.2) is 0 Å². The highest BCUT2D eigenvalue weighted by molar-refractivity contribution is 6.11. The molecule has 1 fully saturated rings. The van der Waals surface area contributed by atoms with Gasteiger partial charge in [0.2, 0.25) is 5.91 Å². The number of ether oxygens (including phenoxy) is 1. The number of quaternary nitrogens is 1. The standard InChI is InChI=1S/C26H25N3O2/c1-29-24-6-4-3-5-21(24)26(25(29)30)14-22(26)18-9-10-19(15-27)23(13-18)28-16-17-7-11-20(31-2)12-8-17/h3-13,15,22,27-28H,14,16H2,1-2H3/p+1/t22-,26-/m0/s1. The third-order valence-electron chi connectivity index (χ3n) is 6.78. The van der Waals surface area contributed by atoms with Gasteiger partial charge in [-0.15, -0.1) is 0 Å². The van der Waals surface area contributed by atoms with E-state index in [-0.39, 0.29) is 11.8 Å². The molecule has 0 radical (unpaired) electrons. The van der Waals surface area contributed by atoms with E-state index in [0.29, 0.717) is 0 Å². The number of hydrogen-bond donors (Lipinski definition) is 2. The molecule has 0 saturated heterocycles. The van der Waals surface area contributed by atoms with Crippen LogP contribution in [-0.2, 0) is 16.8 Å². The minimum absolute atomic E-state index is 0.180. The third kappa shape index (κ3) is 3.04. The molecule has 0 aromatic heterocycles. The topological polar surface area (TPSA) is 70.0 Å². The number of nitrogens with zero attached hydrogens (tertiary/aromatic N) is 1. The van der Waals surface area contributed by atoms with E-state index in [0.717, 1.165) is 41.2 Å². The van der Waals surface area contributed by atoms with Gasteiger partial charge in [0.25, 0.3) is 0 Å². The van der Waals surface area contributed by atoms with Crippen LogP contribution in [0.2, 0.25) is 0 Å². The first-order valence-corrected chi connectivity index (χ1v) is 10.6. The predicted molar refractivity (Wildman–Crippen MR) is 121 cm³/mol. The van der Waals surface area contributed by atoms with Crippen LogP contribution in [0.4, 0.5) is 11.4 Å². The fourth-order valence-corrected chi connectivity index (χ4v) is 4.97. The second-order valence-electron chi connectivity index (χ2n) is 8.40. The first-order valence-electron chi connectivity index (χ1n) is 10.6. The smallest absolute Gasteiger partial charge is 0.238 e. The molecular weight excluding hydrogens is 386 g/mol. The number of nitrogens with one attached hydrogen (secondary N) is 1. The Balaban J connectivity index is 1.42. The molecule has 2 aliphatic rings. The Morgan fingerprint density at radius 1 is 1.16 bits per heavy atom. The van der Waals surface area contributed by atoms with Crippen LogP contribution in [0.5, 0.6) is 5.75 Å². The lowest BCUT2D eigenvalue weighted by atomic mass is 9.91. The molecular formula is C26H26N3O2+. The number of amides is 1. The average Bonchev–Trinajstić information content (AvgIpc) is 3.54. The quantitative estimate of drug-likeness (QED) is 0.481. The number of carbonyl (C=O) groups excluding carboxylic acids is 1. The van der Waals surface area contributed by atoms with E-state index in [4.69, 9.17) is 10.1 Å². The van der Waals surface area contributed by atoms with Gasteiger partial charge >= 0.3 is 0 Å². The van der Waals surface area contributed by atoms with Gasteiger partial charge in [0, 0.05) is 36.5 Å². The molecule has 1 spiro atoms. The number of nitrogens with two attached hydrogens (primary N) is 1. The molecule has 1 aliphatic carbocycles. The minimum Gasteiger partial charge on any atom is -0.497 e. The minimum atomic E-state index is -0.426. The number of methoxy groups -OCH3 is 1. The van der Waals surface area contributed by atoms with Gasteiger partial charge in [-0.05, 0) is 53.9 Å². The fourth-order valence-electron chi connectivity index (χ4n) is 4.97. The monoisotopic (exact) mass is 412 g/mol. The van der Waals surface area contributed by atoms with Crippen molar-refractivity contribution in [3.05, 3.63) is 89.0 Å². The number of likely N-dealkylation sites (N-methyl/N-ethyl adjacent to an activating group) is 1. The van der Waals surface area contributed by atoms with Crippen molar-refractivity contribution in [1.29, 1.82) is 5.41 Å². The highest BCUT2D eigenvalue weighted by Crippen LogP contribution is 2.66. The predicted octanol–water partition coefficient (Wildman–Crippen LogP) is 3.49. The molecule has 31 heavy (non-hydrogen) atoms. The van der Waals surface area contributed by atoms with Crippen molar-refractivity contribution in [2.24, 2.45) is 0 Å². The van der Waals surface area contributed by atoms with E-state index < -0.39 is 5.41 Å². The maximum absolute atomic E-state index is 13.2. The van der Waals surface area contributed by atoms with Gasteiger partial charge in [-0.2, -0.15) is 0 Å². The zero-order valence-corrected chi connectivity index (χ0v) is 17.8. The molecule has 3 aromatic carbocycles. The Morgan fingerprint density at radius 2 is 1.94 bits per heavy atom. The number of carbonyl (C=O) groups is 1. The zero-order chi connectivity index (χ0) is 21.6. The van der Waals surface area contributed by atoms with E-state index in [1.54, 1.807) is 12.0 Å². The number of anilines is 1. The van der Waals surface area contributed by atoms with Crippen LogP contribution in [0.25, 0.3) is 0 Å². The molecule has 1 heterocycles. The molecule has 1 aliphatic heterocycles. The average molecular weight is 413 g/mol. The first kappa shape index (κ1) is 19.5. The summed E-state index contributed by atoms with van der Waals surface area (Å²) in [5.41, 5.74) is 6.03. The number of benzene rings is 3. The molecule has 1 amide bonds. The summed E-state index contributed by atoms with van der Waals surface area (Å²) in [6.07, 6.45) is 2.24. The first-order chi connectivity index (χ1) is 15.1. The second-order valence-corrected chi connectivity index (χ2v) is 8.40. The summed E-state index contributed by atoms with van der Waals surface area (Å²) in [5, 5.41) is 9.97. The van der Waals surface area contributed by atoms with Crippen molar-refractivity contribution in [1.82, 2.24) is 0 Å². The molecule has 0 unspecified atom stereocenters. The van der Waals surface area contributed by atoms with Crippen molar-refractivity contribution in [3.63, 3.8) is 0 Å². The number of para-hydroxylation sites is 1. The number of hydrogen-bond acceptors (Lipinski definition) is 3. The highest BCUT2D eigenvalue weighted by Gasteiger charge is 2.66. The molecule has 0 bridgehead atoms. The zero-order valence-electron chi connectivity index (χ0n) is 17.8. The van der Waals surface area contributed by atoms with E-state index in [1.807, 2.05) is 43.4 Å². The van der Waals surface area contributed by atoms with Crippen LogP contribution in [0.15, 0.2) is 66.7 Å².